The summed E-state index contributed by atoms with van der Waals surface area (Å²) in [7, 11) is 0. The van der Waals surface area contributed by atoms with Gasteiger partial charge in [0.1, 0.15) is 5.78 Å². The number of ketones is 1. The minimum Gasteiger partial charge on any atom is -0.339 e. The summed E-state index contributed by atoms with van der Waals surface area (Å²) < 4.78 is 5.07. The SMILES string of the molecule is CC(=O)CCc1nc(Cc2ccccc2Cl)no1. The molecule has 0 unspecified atom stereocenters. The lowest BCUT2D eigenvalue weighted by atomic mass is 10.1. The molecule has 0 aliphatic heterocycles. The van der Waals surface area contributed by atoms with E-state index in [0.717, 1.165) is 5.56 Å². The maximum atomic E-state index is 10.9. The third-order valence-electron chi connectivity index (χ3n) is 2.51. The fraction of sp³-hybridized carbons (Fsp3) is 0.308. The van der Waals surface area contributed by atoms with Gasteiger partial charge in [0.15, 0.2) is 5.82 Å². The molecule has 0 aliphatic rings. The Labute approximate surface area is 110 Å². The van der Waals surface area contributed by atoms with E-state index < -0.39 is 0 Å². The molecule has 0 saturated carbocycles. The first kappa shape index (κ1) is 12.8. The first-order chi connectivity index (χ1) is 8.65. The zero-order valence-electron chi connectivity index (χ0n) is 10.0. The zero-order valence-corrected chi connectivity index (χ0v) is 10.8. The molecule has 1 aromatic heterocycles. The Morgan fingerprint density at radius 1 is 1.39 bits per heavy atom. The fourth-order valence-corrected chi connectivity index (χ4v) is 1.76. The van der Waals surface area contributed by atoms with Crippen molar-refractivity contribution in [2.45, 2.75) is 26.2 Å². The van der Waals surface area contributed by atoms with E-state index in [1.165, 1.54) is 0 Å². The average molecular weight is 265 g/mol. The molecule has 2 aromatic rings. The van der Waals surface area contributed by atoms with E-state index >= 15 is 0 Å². The molecular formula is C13H13ClN2O2. The van der Waals surface area contributed by atoms with E-state index in [2.05, 4.69) is 10.1 Å². The van der Waals surface area contributed by atoms with Gasteiger partial charge in [-0.1, -0.05) is 35.0 Å². The van der Waals surface area contributed by atoms with Gasteiger partial charge in [-0.25, -0.2) is 0 Å². The van der Waals surface area contributed by atoms with Gasteiger partial charge in [-0.15, -0.1) is 0 Å². The highest BCUT2D eigenvalue weighted by Crippen LogP contribution is 2.17. The highest BCUT2D eigenvalue weighted by atomic mass is 35.5. The Morgan fingerprint density at radius 3 is 2.89 bits per heavy atom. The highest BCUT2D eigenvalue weighted by molar-refractivity contribution is 6.31. The number of hydrogen-bond donors (Lipinski definition) is 0. The molecule has 0 spiro atoms. The summed E-state index contributed by atoms with van der Waals surface area (Å²) in [5, 5.41) is 4.56. The Morgan fingerprint density at radius 2 is 2.17 bits per heavy atom. The number of hydrogen-bond acceptors (Lipinski definition) is 4. The first-order valence-corrected chi connectivity index (χ1v) is 6.07. The first-order valence-electron chi connectivity index (χ1n) is 5.69. The molecule has 0 N–H and O–H groups in total. The van der Waals surface area contributed by atoms with E-state index in [4.69, 9.17) is 16.1 Å². The van der Waals surface area contributed by atoms with Crippen LogP contribution in [0, 0.1) is 0 Å². The number of Topliss-reactive ketones (excluding diaryl/α,β-unsaturated/α-hetero) is 1. The van der Waals surface area contributed by atoms with E-state index in [0.29, 0.717) is 36.0 Å². The highest BCUT2D eigenvalue weighted by Gasteiger charge is 2.09. The predicted molar refractivity (Wildman–Crippen MR) is 67.6 cm³/mol. The van der Waals surface area contributed by atoms with Crippen LogP contribution in [0.15, 0.2) is 28.8 Å². The van der Waals surface area contributed by atoms with Crippen molar-refractivity contribution >= 4 is 17.4 Å². The second kappa shape index (κ2) is 5.78. The van der Waals surface area contributed by atoms with Crippen molar-refractivity contribution in [3.63, 3.8) is 0 Å². The van der Waals surface area contributed by atoms with Crippen molar-refractivity contribution in [2.75, 3.05) is 0 Å². The molecule has 1 aromatic carbocycles. The van der Waals surface area contributed by atoms with Crippen LogP contribution < -0.4 is 0 Å². The van der Waals surface area contributed by atoms with Crippen molar-refractivity contribution in [1.29, 1.82) is 0 Å². The molecule has 0 atom stereocenters. The van der Waals surface area contributed by atoms with E-state index in [9.17, 15) is 4.79 Å². The molecular weight excluding hydrogens is 252 g/mol. The van der Waals surface area contributed by atoms with Crippen LogP contribution in [-0.2, 0) is 17.6 Å². The van der Waals surface area contributed by atoms with Crippen LogP contribution >= 0.6 is 11.6 Å². The maximum Gasteiger partial charge on any atom is 0.227 e. The van der Waals surface area contributed by atoms with E-state index in [1.807, 2.05) is 24.3 Å². The fourth-order valence-electron chi connectivity index (χ4n) is 1.56. The number of carbonyl (C=O) groups excluding carboxylic acids is 1. The van der Waals surface area contributed by atoms with Gasteiger partial charge in [0.05, 0.1) is 0 Å². The summed E-state index contributed by atoms with van der Waals surface area (Å²) >= 11 is 6.05. The quantitative estimate of drug-likeness (QED) is 0.833. The molecule has 0 amide bonds. The van der Waals surface area contributed by atoms with Crippen LogP contribution in [0.2, 0.25) is 5.02 Å². The van der Waals surface area contributed by atoms with Gasteiger partial charge in [-0.2, -0.15) is 4.98 Å². The van der Waals surface area contributed by atoms with Crippen LogP contribution in [0.25, 0.3) is 0 Å². The van der Waals surface area contributed by atoms with Gasteiger partial charge >= 0.3 is 0 Å². The topological polar surface area (TPSA) is 56.0 Å². The second-order valence-corrected chi connectivity index (χ2v) is 4.48. The standard InChI is InChI=1S/C13H13ClN2O2/c1-9(17)6-7-13-15-12(16-18-13)8-10-4-2-3-5-11(10)14/h2-5H,6-8H2,1H3. The average Bonchev–Trinajstić information content (AvgIpc) is 2.77. The maximum absolute atomic E-state index is 10.9. The smallest absolute Gasteiger partial charge is 0.227 e. The number of nitrogens with zero attached hydrogens (tertiary/aromatic N) is 2. The van der Waals surface area contributed by atoms with Crippen molar-refractivity contribution in [3.05, 3.63) is 46.6 Å². The molecule has 0 radical (unpaired) electrons. The molecule has 94 valence electrons. The van der Waals surface area contributed by atoms with Crippen LogP contribution in [-0.4, -0.2) is 15.9 Å². The lowest BCUT2D eigenvalue weighted by Crippen LogP contribution is -1.95. The molecule has 0 aliphatic carbocycles. The number of halogens is 1. The molecule has 5 heteroatoms. The Kier molecular flexibility index (Phi) is 4.10. The third-order valence-corrected chi connectivity index (χ3v) is 2.88. The van der Waals surface area contributed by atoms with Crippen molar-refractivity contribution in [1.82, 2.24) is 10.1 Å². The van der Waals surface area contributed by atoms with Gasteiger partial charge in [0, 0.05) is 24.3 Å². The molecule has 4 nitrogen and oxygen atoms in total. The normalized spacial score (nSPS) is 10.6. The minimum atomic E-state index is 0.112. The summed E-state index contributed by atoms with van der Waals surface area (Å²) in [4.78, 5) is 15.1. The largest absolute Gasteiger partial charge is 0.339 e. The molecule has 0 fully saturated rings. The van der Waals surface area contributed by atoms with Gasteiger partial charge in [0.2, 0.25) is 5.89 Å². The minimum absolute atomic E-state index is 0.112. The summed E-state index contributed by atoms with van der Waals surface area (Å²) in [6, 6.07) is 7.54. The van der Waals surface area contributed by atoms with Gasteiger partial charge < -0.3 is 9.32 Å². The number of benzene rings is 1. The lowest BCUT2D eigenvalue weighted by molar-refractivity contribution is -0.117. The number of rotatable bonds is 5. The summed E-state index contributed by atoms with van der Waals surface area (Å²) in [5.41, 5.74) is 0.957. The van der Waals surface area contributed by atoms with Crippen LogP contribution in [0.1, 0.15) is 30.6 Å². The molecule has 2 rings (SSSR count). The van der Waals surface area contributed by atoms with Crippen molar-refractivity contribution in [3.8, 4) is 0 Å². The summed E-state index contributed by atoms with van der Waals surface area (Å²) in [6.07, 6.45) is 1.45. The molecule has 1 heterocycles. The molecule has 18 heavy (non-hydrogen) atoms. The number of carbonyl (C=O) groups is 1. The van der Waals surface area contributed by atoms with Crippen LogP contribution in [0.5, 0.6) is 0 Å². The van der Waals surface area contributed by atoms with Gasteiger partial charge in [-0.3, -0.25) is 0 Å². The van der Waals surface area contributed by atoms with Crippen molar-refractivity contribution in [2.24, 2.45) is 0 Å². The Hall–Kier alpha value is -1.68. The second-order valence-electron chi connectivity index (χ2n) is 4.07. The van der Waals surface area contributed by atoms with Crippen LogP contribution in [0.4, 0.5) is 0 Å². The molecule has 0 bridgehead atoms. The van der Waals surface area contributed by atoms with Gasteiger partial charge in [0.25, 0.3) is 0 Å². The van der Waals surface area contributed by atoms with Crippen LogP contribution in [0.3, 0.4) is 0 Å². The third kappa shape index (κ3) is 3.40. The Bertz CT molecular complexity index is 551. The molecule has 0 saturated heterocycles. The van der Waals surface area contributed by atoms with Gasteiger partial charge in [-0.05, 0) is 18.6 Å². The summed E-state index contributed by atoms with van der Waals surface area (Å²) in [5.74, 6) is 1.19. The number of aromatic nitrogens is 2. The monoisotopic (exact) mass is 264 g/mol. The van der Waals surface area contributed by atoms with E-state index in [-0.39, 0.29) is 5.78 Å². The predicted octanol–water partition coefficient (Wildman–Crippen LogP) is 2.84. The summed E-state index contributed by atoms with van der Waals surface area (Å²) in [6.45, 7) is 1.54. The Balaban J connectivity index is 2.02. The lowest BCUT2D eigenvalue weighted by Gasteiger charge is -1.98. The van der Waals surface area contributed by atoms with Crippen molar-refractivity contribution < 1.29 is 9.32 Å². The zero-order chi connectivity index (χ0) is 13.0. The van der Waals surface area contributed by atoms with E-state index in [1.54, 1.807) is 6.92 Å². The number of aryl methyl sites for hydroxylation is 1.